The van der Waals surface area contributed by atoms with Gasteiger partial charge in [0.2, 0.25) is 19.5 Å². The summed E-state index contributed by atoms with van der Waals surface area (Å²) in [6.45, 7) is 11.0. The van der Waals surface area contributed by atoms with Crippen LogP contribution in [0.4, 0.5) is 0 Å². The highest BCUT2D eigenvalue weighted by Gasteiger charge is 2.64. The van der Waals surface area contributed by atoms with Gasteiger partial charge >= 0.3 is 11.9 Å². The highest BCUT2D eigenvalue weighted by atomic mass is 28.4. The van der Waals surface area contributed by atoms with E-state index in [2.05, 4.69) is 0 Å². The molecule has 0 saturated carbocycles. The molecule has 3 N–H and O–H groups in total. The van der Waals surface area contributed by atoms with Crippen molar-refractivity contribution in [1.82, 2.24) is 0 Å². The number of aliphatic hydroxyl groups is 2. The maximum Gasteiger partial charge on any atom is 0.339 e. The standard InChI is InChI=1S/C13H26O6Si/c1-8(2)12(17,10(14)15)13(18,9(3)4)11(16)19-20(5,6)7/h8-9,17-18H,1-7H3,(H,14,15). The molecule has 0 heterocycles. The molecule has 0 spiro atoms. The minimum absolute atomic E-state index is 0.824. The van der Waals surface area contributed by atoms with E-state index in [-0.39, 0.29) is 0 Å². The molecule has 0 aliphatic rings. The lowest BCUT2D eigenvalue weighted by atomic mass is 9.69. The molecule has 118 valence electrons. The summed E-state index contributed by atoms with van der Waals surface area (Å²) in [5.41, 5.74) is -5.12. The van der Waals surface area contributed by atoms with E-state index in [1.165, 1.54) is 27.7 Å². The topological polar surface area (TPSA) is 104 Å². The Kier molecular flexibility index (Phi) is 5.56. The summed E-state index contributed by atoms with van der Waals surface area (Å²) in [6.07, 6.45) is 0. The Bertz CT molecular complexity index is 387. The van der Waals surface area contributed by atoms with Crippen molar-refractivity contribution in [1.29, 1.82) is 0 Å². The molecule has 0 aliphatic carbocycles. The van der Waals surface area contributed by atoms with Crippen LogP contribution >= 0.6 is 0 Å². The summed E-state index contributed by atoms with van der Waals surface area (Å²) < 4.78 is 5.24. The van der Waals surface area contributed by atoms with E-state index in [4.69, 9.17) is 4.43 Å². The predicted octanol–water partition coefficient (Wildman–Crippen LogP) is 1.22. The average Bonchev–Trinajstić information content (AvgIpc) is 2.23. The Balaban J connectivity index is 5.95. The lowest BCUT2D eigenvalue weighted by molar-refractivity contribution is -0.224. The van der Waals surface area contributed by atoms with Crippen LogP contribution in [0.3, 0.4) is 0 Å². The zero-order valence-electron chi connectivity index (χ0n) is 13.2. The maximum atomic E-state index is 12.3. The molecule has 0 aliphatic heterocycles. The number of rotatable bonds is 6. The van der Waals surface area contributed by atoms with Crippen molar-refractivity contribution in [2.75, 3.05) is 0 Å². The Labute approximate surface area is 120 Å². The lowest BCUT2D eigenvalue weighted by Crippen LogP contribution is -2.70. The second-order valence-corrected chi connectivity index (χ2v) is 11.1. The monoisotopic (exact) mass is 306 g/mol. The molecule has 2 unspecified atom stereocenters. The Hall–Kier alpha value is -0.923. The molecular formula is C13H26O6Si. The van der Waals surface area contributed by atoms with Crippen LogP contribution in [0.2, 0.25) is 19.6 Å². The maximum absolute atomic E-state index is 12.3. The Morgan fingerprint density at radius 2 is 1.30 bits per heavy atom. The molecule has 0 aromatic heterocycles. The van der Waals surface area contributed by atoms with Gasteiger partial charge in [0.15, 0.2) is 0 Å². The first-order chi connectivity index (χ1) is 8.71. The number of carboxylic acid groups (broad SMARTS) is 1. The van der Waals surface area contributed by atoms with Crippen LogP contribution in [0.25, 0.3) is 0 Å². The van der Waals surface area contributed by atoms with Gasteiger partial charge in [-0.2, -0.15) is 0 Å². The fourth-order valence-electron chi connectivity index (χ4n) is 2.04. The van der Waals surface area contributed by atoms with Gasteiger partial charge in [-0.05, 0) is 31.5 Å². The summed E-state index contributed by atoms with van der Waals surface area (Å²) >= 11 is 0. The van der Waals surface area contributed by atoms with Crippen LogP contribution in [0.1, 0.15) is 27.7 Å². The van der Waals surface area contributed by atoms with Crippen molar-refractivity contribution in [2.45, 2.75) is 58.5 Å². The predicted molar refractivity (Wildman–Crippen MR) is 76.6 cm³/mol. The van der Waals surface area contributed by atoms with E-state index in [1.54, 1.807) is 19.6 Å². The molecule has 7 heteroatoms. The van der Waals surface area contributed by atoms with Gasteiger partial charge in [0, 0.05) is 0 Å². The SMILES string of the molecule is CC(C)C(O)(C(=O)O)C(O)(C(=O)O[Si](C)(C)C)C(C)C. The molecule has 0 radical (unpaired) electrons. The third-order valence-electron chi connectivity index (χ3n) is 3.29. The van der Waals surface area contributed by atoms with E-state index in [0.29, 0.717) is 0 Å². The summed E-state index contributed by atoms with van der Waals surface area (Å²) in [7, 11) is -2.34. The number of carbonyl (C=O) groups is 2. The first kappa shape index (κ1) is 19.1. The minimum Gasteiger partial charge on any atom is -0.518 e. The molecule has 0 rings (SSSR count). The molecule has 20 heavy (non-hydrogen) atoms. The molecule has 0 bridgehead atoms. The average molecular weight is 306 g/mol. The summed E-state index contributed by atoms with van der Waals surface area (Å²) in [5, 5.41) is 30.5. The van der Waals surface area contributed by atoms with E-state index in [0.717, 1.165) is 0 Å². The smallest absolute Gasteiger partial charge is 0.339 e. The van der Waals surface area contributed by atoms with Crippen molar-refractivity contribution >= 4 is 20.3 Å². The van der Waals surface area contributed by atoms with Crippen LogP contribution in [0, 0.1) is 11.8 Å². The largest absolute Gasteiger partial charge is 0.518 e. The van der Waals surface area contributed by atoms with Gasteiger partial charge in [-0.15, -0.1) is 0 Å². The normalized spacial score (nSPS) is 18.6. The van der Waals surface area contributed by atoms with E-state index < -0.39 is 43.3 Å². The highest BCUT2D eigenvalue weighted by molar-refractivity contribution is 6.71. The second-order valence-electron chi connectivity index (χ2n) is 6.65. The van der Waals surface area contributed by atoms with Gasteiger partial charge in [-0.1, -0.05) is 27.7 Å². The van der Waals surface area contributed by atoms with Gasteiger partial charge in [0.05, 0.1) is 0 Å². The van der Waals surface area contributed by atoms with E-state index in [9.17, 15) is 24.9 Å². The zero-order valence-corrected chi connectivity index (χ0v) is 14.2. The van der Waals surface area contributed by atoms with Gasteiger partial charge in [0.1, 0.15) is 0 Å². The molecule has 0 saturated heterocycles. The number of carboxylic acids is 1. The number of hydrogen-bond acceptors (Lipinski definition) is 5. The number of hydrogen-bond donors (Lipinski definition) is 3. The van der Waals surface area contributed by atoms with Crippen LogP contribution < -0.4 is 0 Å². The van der Waals surface area contributed by atoms with Crippen LogP contribution in [-0.2, 0) is 14.0 Å². The fourth-order valence-corrected chi connectivity index (χ4v) is 2.75. The van der Waals surface area contributed by atoms with Crippen LogP contribution in [0.15, 0.2) is 0 Å². The van der Waals surface area contributed by atoms with Gasteiger partial charge in [-0.3, -0.25) is 4.79 Å². The van der Waals surface area contributed by atoms with Crippen molar-refractivity contribution < 1.29 is 29.3 Å². The van der Waals surface area contributed by atoms with Crippen LogP contribution in [-0.4, -0.2) is 46.8 Å². The van der Waals surface area contributed by atoms with Crippen molar-refractivity contribution in [2.24, 2.45) is 11.8 Å². The zero-order chi connectivity index (χ0) is 16.5. The van der Waals surface area contributed by atoms with Crippen molar-refractivity contribution in [3.63, 3.8) is 0 Å². The van der Waals surface area contributed by atoms with E-state index >= 15 is 0 Å². The quantitative estimate of drug-likeness (QED) is 0.637. The fraction of sp³-hybridized carbons (Fsp3) is 0.846. The molecule has 0 aromatic carbocycles. The summed E-state index contributed by atoms with van der Waals surface area (Å²) in [6, 6.07) is 0. The Morgan fingerprint density at radius 1 is 0.950 bits per heavy atom. The molecule has 0 fully saturated rings. The minimum atomic E-state index is -2.61. The lowest BCUT2D eigenvalue weighted by Gasteiger charge is -2.44. The van der Waals surface area contributed by atoms with Gasteiger partial charge in [0.25, 0.3) is 0 Å². The van der Waals surface area contributed by atoms with Gasteiger partial charge in [-0.25, -0.2) is 4.79 Å². The molecule has 0 amide bonds. The second kappa shape index (κ2) is 5.83. The first-order valence-corrected chi connectivity index (χ1v) is 10.0. The highest BCUT2D eigenvalue weighted by Crippen LogP contribution is 2.38. The van der Waals surface area contributed by atoms with Crippen LogP contribution in [0.5, 0.6) is 0 Å². The molecule has 2 atom stereocenters. The summed E-state index contributed by atoms with van der Waals surface area (Å²) in [4.78, 5) is 23.8. The third kappa shape index (κ3) is 3.21. The molecular weight excluding hydrogens is 280 g/mol. The molecule has 0 aromatic rings. The Morgan fingerprint density at radius 3 is 1.50 bits per heavy atom. The first-order valence-electron chi connectivity index (χ1n) is 6.62. The summed E-state index contributed by atoms with van der Waals surface area (Å²) in [5.74, 6) is -4.42. The van der Waals surface area contributed by atoms with Gasteiger partial charge < -0.3 is 19.7 Å². The van der Waals surface area contributed by atoms with E-state index in [1.807, 2.05) is 0 Å². The van der Waals surface area contributed by atoms with Crippen molar-refractivity contribution in [3.8, 4) is 0 Å². The number of aliphatic carboxylic acids is 1. The third-order valence-corrected chi connectivity index (χ3v) is 4.09. The van der Waals surface area contributed by atoms with Crippen molar-refractivity contribution in [3.05, 3.63) is 0 Å². The molecule has 6 nitrogen and oxygen atoms in total. The number of carbonyl (C=O) groups excluding carboxylic acids is 1.